The molecule has 0 bridgehead atoms. The van der Waals surface area contributed by atoms with E-state index < -0.39 is 0 Å². The largest absolute Gasteiger partial charge is 0.337 e. The molecule has 24 heavy (non-hydrogen) atoms. The highest BCUT2D eigenvalue weighted by Gasteiger charge is 2.19. The van der Waals surface area contributed by atoms with E-state index in [1.54, 1.807) is 0 Å². The Kier molecular flexibility index (Phi) is 4.34. The van der Waals surface area contributed by atoms with E-state index in [2.05, 4.69) is 49.2 Å². The molecule has 126 valence electrons. The van der Waals surface area contributed by atoms with Gasteiger partial charge in [0.25, 0.3) is 0 Å². The first-order valence-corrected chi connectivity index (χ1v) is 8.88. The van der Waals surface area contributed by atoms with Crippen molar-refractivity contribution < 1.29 is 0 Å². The zero-order valence-corrected chi connectivity index (χ0v) is 14.3. The van der Waals surface area contributed by atoms with Gasteiger partial charge in [-0.1, -0.05) is 0 Å². The molecule has 1 fully saturated rings. The number of hydrogen-bond acceptors (Lipinski definition) is 3. The number of hydrogen-bond donors (Lipinski definition) is 0. The van der Waals surface area contributed by atoms with Gasteiger partial charge >= 0.3 is 0 Å². The van der Waals surface area contributed by atoms with Crippen LogP contribution in [0.15, 0.2) is 43.2 Å². The number of imidazole rings is 1. The molecule has 0 saturated carbocycles. The Morgan fingerprint density at radius 2 is 2.17 bits per heavy atom. The standard InChI is InChI=1S/C19H25N5/c1-22-15-20-13-17(22)14-23-8-2-4-16(6-10-23)12-18-19-5-3-9-24(19)11-7-21-18/h3,5,7,9,11,13,15-16H,2,4,6,8,10,12,14H2,1H3/t16-/m1/s1. The Morgan fingerprint density at radius 1 is 1.21 bits per heavy atom. The molecular formula is C19H25N5. The van der Waals surface area contributed by atoms with Crippen LogP contribution in [0.4, 0.5) is 0 Å². The Balaban J connectivity index is 1.40. The molecule has 4 rings (SSSR count). The van der Waals surface area contributed by atoms with Gasteiger partial charge in [-0.05, 0) is 56.8 Å². The van der Waals surface area contributed by atoms with E-state index in [-0.39, 0.29) is 0 Å². The second-order valence-corrected chi connectivity index (χ2v) is 6.95. The molecule has 0 amide bonds. The van der Waals surface area contributed by atoms with E-state index in [0.717, 1.165) is 18.9 Å². The molecule has 3 aromatic rings. The van der Waals surface area contributed by atoms with Crippen molar-refractivity contribution in [2.75, 3.05) is 13.1 Å². The van der Waals surface area contributed by atoms with Crippen LogP contribution in [-0.2, 0) is 20.0 Å². The third kappa shape index (κ3) is 3.22. The van der Waals surface area contributed by atoms with Crippen LogP contribution < -0.4 is 0 Å². The van der Waals surface area contributed by atoms with Gasteiger partial charge in [0.2, 0.25) is 0 Å². The van der Waals surface area contributed by atoms with E-state index in [0.29, 0.717) is 0 Å². The van der Waals surface area contributed by atoms with Crippen LogP contribution in [0.3, 0.4) is 0 Å². The number of aromatic nitrogens is 4. The average Bonchev–Trinajstić information content (AvgIpc) is 3.15. The fourth-order valence-electron chi connectivity index (χ4n) is 3.81. The molecule has 0 unspecified atom stereocenters. The maximum Gasteiger partial charge on any atom is 0.0945 e. The smallest absolute Gasteiger partial charge is 0.0945 e. The van der Waals surface area contributed by atoms with Crippen LogP contribution >= 0.6 is 0 Å². The molecular weight excluding hydrogens is 298 g/mol. The highest BCUT2D eigenvalue weighted by Crippen LogP contribution is 2.24. The Hall–Kier alpha value is -2.14. The first-order valence-electron chi connectivity index (χ1n) is 8.88. The SMILES string of the molecule is Cn1cncc1CN1CCC[C@@H](Cc2nccn3cccc23)CC1. The van der Waals surface area contributed by atoms with Gasteiger partial charge in [-0.2, -0.15) is 0 Å². The molecule has 4 heterocycles. The predicted molar refractivity (Wildman–Crippen MR) is 94.7 cm³/mol. The third-order valence-corrected chi connectivity index (χ3v) is 5.26. The van der Waals surface area contributed by atoms with Crippen molar-refractivity contribution in [2.45, 2.75) is 32.2 Å². The van der Waals surface area contributed by atoms with E-state index in [9.17, 15) is 0 Å². The van der Waals surface area contributed by atoms with Gasteiger partial charge in [0.1, 0.15) is 0 Å². The summed E-state index contributed by atoms with van der Waals surface area (Å²) in [4.78, 5) is 11.5. The van der Waals surface area contributed by atoms with Crippen molar-refractivity contribution in [2.24, 2.45) is 13.0 Å². The molecule has 0 N–H and O–H groups in total. The van der Waals surface area contributed by atoms with E-state index >= 15 is 0 Å². The van der Waals surface area contributed by atoms with Gasteiger partial charge in [0, 0.05) is 38.4 Å². The minimum Gasteiger partial charge on any atom is -0.337 e. The maximum atomic E-state index is 4.65. The van der Waals surface area contributed by atoms with Crippen molar-refractivity contribution >= 4 is 5.52 Å². The fraction of sp³-hybridized carbons (Fsp3) is 0.474. The van der Waals surface area contributed by atoms with Gasteiger partial charge in [0.15, 0.2) is 0 Å². The van der Waals surface area contributed by atoms with Crippen molar-refractivity contribution in [3.8, 4) is 0 Å². The van der Waals surface area contributed by atoms with Gasteiger partial charge in [-0.3, -0.25) is 9.88 Å². The molecule has 1 aliphatic heterocycles. The molecule has 1 atom stereocenters. The van der Waals surface area contributed by atoms with Crippen LogP contribution in [0.2, 0.25) is 0 Å². The molecule has 5 heteroatoms. The molecule has 1 saturated heterocycles. The van der Waals surface area contributed by atoms with Crippen molar-refractivity contribution in [3.63, 3.8) is 0 Å². The summed E-state index contributed by atoms with van der Waals surface area (Å²) in [5.74, 6) is 0.732. The summed E-state index contributed by atoms with van der Waals surface area (Å²) in [5, 5.41) is 0. The minimum absolute atomic E-state index is 0.732. The summed E-state index contributed by atoms with van der Waals surface area (Å²) in [6, 6.07) is 4.27. The van der Waals surface area contributed by atoms with Crippen LogP contribution in [0.25, 0.3) is 5.52 Å². The van der Waals surface area contributed by atoms with Crippen LogP contribution in [0, 0.1) is 5.92 Å². The second-order valence-electron chi connectivity index (χ2n) is 6.95. The van der Waals surface area contributed by atoms with Crippen molar-refractivity contribution in [1.82, 2.24) is 23.8 Å². The highest BCUT2D eigenvalue weighted by atomic mass is 15.2. The summed E-state index contributed by atoms with van der Waals surface area (Å²) < 4.78 is 4.30. The minimum atomic E-state index is 0.732. The highest BCUT2D eigenvalue weighted by molar-refractivity contribution is 5.52. The first kappa shape index (κ1) is 15.4. The van der Waals surface area contributed by atoms with Crippen molar-refractivity contribution in [1.29, 1.82) is 0 Å². The Morgan fingerprint density at radius 3 is 3.04 bits per heavy atom. The molecule has 1 aliphatic rings. The molecule has 0 aromatic carbocycles. The number of nitrogens with zero attached hydrogens (tertiary/aromatic N) is 5. The zero-order valence-electron chi connectivity index (χ0n) is 14.3. The van der Waals surface area contributed by atoms with E-state index in [1.807, 2.05) is 24.9 Å². The number of likely N-dealkylation sites (tertiary alicyclic amines) is 1. The fourth-order valence-corrected chi connectivity index (χ4v) is 3.81. The summed E-state index contributed by atoms with van der Waals surface area (Å²) in [5.41, 5.74) is 3.80. The molecule has 3 aromatic heterocycles. The number of fused-ring (bicyclic) bond motifs is 1. The topological polar surface area (TPSA) is 38.4 Å². The van der Waals surface area contributed by atoms with Gasteiger partial charge in [-0.25, -0.2) is 4.98 Å². The number of aryl methyl sites for hydroxylation is 1. The van der Waals surface area contributed by atoms with Gasteiger partial charge in [-0.15, -0.1) is 0 Å². The lowest BCUT2D eigenvalue weighted by Gasteiger charge is -2.20. The van der Waals surface area contributed by atoms with Crippen LogP contribution in [0.1, 0.15) is 30.7 Å². The monoisotopic (exact) mass is 323 g/mol. The van der Waals surface area contributed by atoms with E-state index in [1.165, 1.54) is 49.3 Å². The lowest BCUT2D eigenvalue weighted by Crippen LogP contribution is -2.25. The summed E-state index contributed by atoms with van der Waals surface area (Å²) in [7, 11) is 2.08. The van der Waals surface area contributed by atoms with Crippen LogP contribution in [-0.4, -0.2) is 36.9 Å². The summed E-state index contributed by atoms with van der Waals surface area (Å²) in [6.45, 7) is 3.36. The first-order chi connectivity index (χ1) is 11.8. The van der Waals surface area contributed by atoms with Gasteiger partial charge < -0.3 is 8.97 Å². The normalized spacial score (nSPS) is 19.6. The molecule has 5 nitrogen and oxygen atoms in total. The van der Waals surface area contributed by atoms with Gasteiger partial charge in [0.05, 0.1) is 23.2 Å². The van der Waals surface area contributed by atoms with Crippen molar-refractivity contribution in [3.05, 3.63) is 54.6 Å². The maximum absolute atomic E-state index is 4.65. The zero-order chi connectivity index (χ0) is 16.4. The molecule has 0 aliphatic carbocycles. The Bertz CT molecular complexity index is 803. The summed E-state index contributed by atoms with van der Waals surface area (Å²) in [6.07, 6.45) is 14.8. The lowest BCUT2D eigenvalue weighted by molar-refractivity contribution is 0.266. The predicted octanol–water partition coefficient (Wildman–Crippen LogP) is 2.91. The lowest BCUT2D eigenvalue weighted by atomic mass is 9.95. The third-order valence-electron chi connectivity index (χ3n) is 5.26. The summed E-state index contributed by atoms with van der Waals surface area (Å²) >= 11 is 0. The molecule has 0 radical (unpaired) electrons. The average molecular weight is 323 g/mol. The Labute approximate surface area is 143 Å². The number of rotatable bonds is 4. The van der Waals surface area contributed by atoms with Crippen LogP contribution in [0.5, 0.6) is 0 Å². The second kappa shape index (κ2) is 6.77. The quantitative estimate of drug-likeness (QED) is 0.741. The van der Waals surface area contributed by atoms with E-state index in [4.69, 9.17) is 0 Å². The molecule has 0 spiro atoms.